The van der Waals surface area contributed by atoms with Crippen LogP contribution in [-0.4, -0.2) is 67.3 Å². The van der Waals surface area contributed by atoms with Gasteiger partial charge in [0.15, 0.2) is 23.1 Å². The van der Waals surface area contributed by atoms with Crippen LogP contribution in [0.5, 0.6) is 0 Å². The van der Waals surface area contributed by atoms with Gasteiger partial charge < -0.3 is 16.2 Å². The fraction of sp³-hybridized carbons (Fsp3) is 0.292. The normalized spacial score (nSPS) is 13.7. The number of pyridine rings is 1. The van der Waals surface area contributed by atoms with Crippen LogP contribution in [0.4, 0.5) is 26.5 Å². The average molecular weight is 556 g/mol. The van der Waals surface area contributed by atoms with Crippen LogP contribution in [0.1, 0.15) is 26.3 Å². The Hall–Kier alpha value is -4.53. The lowest BCUT2D eigenvalue weighted by Gasteiger charge is -2.38. The Labute approximate surface area is 223 Å². The van der Waals surface area contributed by atoms with Crippen molar-refractivity contribution in [2.45, 2.75) is 32.9 Å². The number of nitrogens with zero attached hydrogens (tertiary/aromatic N) is 7. The van der Waals surface area contributed by atoms with Crippen molar-refractivity contribution in [1.29, 1.82) is 0 Å². The van der Waals surface area contributed by atoms with E-state index >= 15 is 0 Å². The van der Waals surface area contributed by atoms with Crippen molar-refractivity contribution in [3.05, 3.63) is 54.0 Å². The fourth-order valence-corrected chi connectivity index (χ4v) is 6.29. The standard InChI is InChI=1S/C24H26FN9O4S/c1-24(2,3)34(23(35)36)39(37,38)33-12-11-27-21-18(33)19(26)29-20(30-21)17-15-8-6-10-28-22(15)32(31-17)13-14-7-4-5-9-16(14)25/h4-10H,11-13H2,1-3H3,(H,35,36)(H3,26,27,29,30). The second-order valence-corrected chi connectivity index (χ2v) is 11.5. The number of carboxylic acid groups (broad SMARTS) is 1. The first-order valence-corrected chi connectivity index (χ1v) is 13.3. The molecule has 1 amide bonds. The van der Waals surface area contributed by atoms with E-state index in [9.17, 15) is 22.7 Å². The van der Waals surface area contributed by atoms with Crippen molar-refractivity contribution in [3.8, 4) is 11.5 Å². The molecule has 4 heterocycles. The van der Waals surface area contributed by atoms with Gasteiger partial charge >= 0.3 is 16.3 Å². The molecular formula is C24H26FN9O4S. The lowest BCUT2D eigenvalue weighted by molar-refractivity contribution is 0.146. The van der Waals surface area contributed by atoms with Gasteiger partial charge in [-0.15, -0.1) is 0 Å². The maximum atomic E-state index is 14.4. The second-order valence-electron chi connectivity index (χ2n) is 9.83. The summed E-state index contributed by atoms with van der Waals surface area (Å²) in [4.78, 5) is 25.2. The third kappa shape index (κ3) is 4.54. The van der Waals surface area contributed by atoms with E-state index in [4.69, 9.17) is 5.73 Å². The van der Waals surface area contributed by atoms with Gasteiger partial charge in [0.05, 0.1) is 24.0 Å². The Morgan fingerprint density at radius 1 is 1.21 bits per heavy atom. The topological polar surface area (TPSA) is 172 Å². The summed E-state index contributed by atoms with van der Waals surface area (Å²) < 4.78 is 44.2. The fourth-order valence-electron chi connectivity index (χ4n) is 4.47. The zero-order valence-corrected chi connectivity index (χ0v) is 22.1. The molecule has 1 aromatic carbocycles. The van der Waals surface area contributed by atoms with E-state index in [0.29, 0.717) is 26.6 Å². The summed E-state index contributed by atoms with van der Waals surface area (Å²) >= 11 is 0. The highest BCUT2D eigenvalue weighted by Crippen LogP contribution is 2.38. The van der Waals surface area contributed by atoms with Crippen molar-refractivity contribution in [3.63, 3.8) is 0 Å². The van der Waals surface area contributed by atoms with Gasteiger partial charge in [0.1, 0.15) is 17.2 Å². The molecule has 0 bridgehead atoms. The highest BCUT2D eigenvalue weighted by molar-refractivity contribution is 7.91. The van der Waals surface area contributed by atoms with Crippen LogP contribution in [0, 0.1) is 5.82 Å². The Bertz CT molecular complexity index is 1700. The van der Waals surface area contributed by atoms with Gasteiger partial charge in [-0.2, -0.15) is 17.8 Å². The number of aromatic nitrogens is 5. The van der Waals surface area contributed by atoms with Crippen LogP contribution in [0.15, 0.2) is 42.6 Å². The molecule has 0 unspecified atom stereocenters. The molecule has 39 heavy (non-hydrogen) atoms. The maximum Gasteiger partial charge on any atom is 0.422 e. The van der Waals surface area contributed by atoms with Crippen molar-refractivity contribution in [2.75, 3.05) is 28.4 Å². The molecular weight excluding hydrogens is 529 g/mol. The zero-order chi connectivity index (χ0) is 28.1. The highest BCUT2D eigenvalue weighted by atomic mass is 32.2. The molecule has 15 heteroatoms. The van der Waals surface area contributed by atoms with Gasteiger partial charge in [0, 0.05) is 18.3 Å². The summed E-state index contributed by atoms with van der Waals surface area (Å²) in [5.74, 6) is -0.378. The highest BCUT2D eigenvalue weighted by Gasteiger charge is 2.44. The molecule has 0 aliphatic carbocycles. The number of nitrogens with one attached hydrogen (secondary N) is 1. The predicted octanol–water partition coefficient (Wildman–Crippen LogP) is 2.91. The molecule has 5 rings (SSSR count). The molecule has 4 aromatic rings. The minimum absolute atomic E-state index is 0.0614. The first kappa shape index (κ1) is 26.1. The number of nitrogens with two attached hydrogens (primary N) is 1. The van der Waals surface area contributed by atoms with E-state index in [1.54, 1.807) is 36.5 Å². The average Bonchev–Trinajstić information content (AvgIpc) is 3.22. The summed E-state index contributed by atoms with van der Waals surface area (Å²) in [5, 5.41) is 17.9. The molecule has 0 radical (unpaired) electrons. The van der Waals surface area contributed by atoms with E-state index < -0.39 is 21.8 Å². The first-order valence-electron chi connectivity index (χ1n) is 11.9. The van der Waals surface area contributed by atoms with Gasteiger partial charge in [-0.25, -0.2) is 33.1 Å². The van der Waals surface area contributed by atoms with Gasteiger partial charge in [0.2, 0.25) is 0 Å². The quantitative estimate of drug-likeness (QED) is 0.332. The largest absolute Gasteiger partial charge is 0.464 e. The molecule has 0 atom stereocenters. The number of hydrogen-bond acceptors (Lipinski definition) is 9. The molecule has 1 aliphatic rings. The van der Waals surface area contributed by atoms with Crippen LogP contribution in [0.3, 0.4) is 0 Å². The van der Waals surface area contributed by atoms with Crippen LogP contribution >= 0.6 is 0 Å². The monoisotopic (exact) mass is 555 g/mol. The minimum atomic E-state index is -4.56. The number of halogens is 1. The van der Waals surface area contributed by atoms with Crippen LogP contribution in [0.25, 0.3) is 22.6 Å². The van der Waals surface area contributed by atoms with Crippen molar-refractivity contribution >= 4 is 44.7 Å². The van der Waals surface area contributed by atoms with E-state index in [2.05, 4.69) is 25.4 Å². The number of benzene rings is 1. The lowest BCUT2D eigenvalue weighted by atomic mass is 10.1. The predicted molar refractivity (Wildman–Crippen MR) is 143 cm³/mol. The molecule has 0 saturated carbocycles. The summed E-state index contributed by atoms with van der Waals surface area (Å²) in [7, 11) is -4.56. The number of anilines is 3. The summed E-state index contributed by atoms with van der Waals surface area (Å²) in [6, 6.07) is 9.81. The van der Waals surface area contributed by atoms with E-state index in [1.807, 2.05) is 0 Å². The number of carbonyl (C=O) groups is 1. The van der Waals surface area contributed by atoms with Crippen LogP contribution in [-0.2, 0) is 16.8 Å². The van der Waals surface area contributed by atoms with E-state index in [0.717, 1.165) is 4.31 Å². The zero-order valence-electron chi connectivity index (χ0n) is 21.3. The molecule has 204 valence electrons. The Morgan fingerprint density at radius 3 is 2.64 bits per heavy atom. The van der Waals surface area contributed by atoms with E-state index in [-0.39, 0.29) is 48.6 Å². The van der Waals surface area contributed by atoms with Crippen molar-refractivity contribution in [2.24, 2.45) is 0 Å². The summed E-state index contributed by atoms with van der Waals surface area (Å²) in [5.41, 5.74) is 6.15. The van der Waals surface area contributed by atoms with Crippen LogP contribution < -0.4 is 15.4 Å². The third-order valence-corrected chi connectivity index (χ3v) is 8.14. The molecule has 0 fully saturated rings. The molecule has 4 N–H and O–H groups in total. The van der Waals surface area contributed by atoms with Gasteiger partial charge in [-0.05, 0) is 39.0 Å². The van der Waals surface area contributed by atoms with Crippen molar-refractivity contribution < 1.29 is 22.7 Å². The molecule has 13 nitrogen and oxygen atoms in total. The number of amides is 1. The Morgan fingerprint density at radius 2 is 1.95 bits per heavy atom. The smallest absolute Gasteiger partial charge is 0.422 e. The maximum absolute atomic E-state index is 14.4. The third-order valence-electron chi connectivity index (χ3n) is 6.06. The van der Waals surface area contributed by atoms with Crippen molar-refractivity contribution in [1.82, 2.24) is 29.0 Å². The molecule has 0 spiro atoms. The first-order chi connectivity index (χ1) is 18.4. The minimum Gasteiger partial charge on any atom is -0.464 e. The van der Waals surface area contributed by atoms with Gasteiger partial charge in [-0.1, -0.05) is 18.2 Å². The Balaban J connectivity index is 1.61. The Kier molecular flexibility index (Phi) is 6.25. The van der Waals surface area contributed by atoms with E-state index in [1.165, 1.54) is 31.5 Å². The number of rotatable bonds is 5. The molecule has 1 aliphatic heterocycles. The van der Waals surface area contributed by atoms with Gasteiger partial charge in [-0.3, -0.25) is 0 Å². The summed E-state index contributed by atoms with van der Waals surface area (Å²) in [6.07, 6.45) is -0.0420. The lowest BCUT2D eigenvalue weighted by Crippen LogP contribution is -2.56. The SMILES string of the molecule is CC(C)(C)N(C(=O)O)S(=O)(=O)N1CCNc2nc(-c3nn(Cc4ccccc4F)c4ncccc34)nc(N)c21. The number of fused-ring (bicyclic) bond motifs is 2. The summed E-state index contributed by atoms with van der Waals surface area (Å²) in [6.45, 7) is 4.57. The number of nitrogen functional groups attached to an aromatic ring is 1. The van der Waals surface area contributed by atoms with Crippen LogP contribution in [0.2, 0.25) is 0 Å². The number of hydrogen-bond donors (Lipinski definition) is 3. The molecule has 0 saturated heterocycles. The molecule has 3 aromatic heterocycles. The second kappa shape index (κ2) is 9.34. The van der Waals surface area contributed by atoms with Gasteiger partial charge in [0.25, 0.3) is 0 Å².